The van der Waals surface area contributed by atoms with Gasteiger partial charge in [-0.3, -0.25) is 0 Å². The van der Waals surface area contributed by atoms with Crippen molar-refractivity contribution in [1.29, 1.82) is 0 Å². The zero-order valence-electron chi connectivity index (χ0n) is 30.3. The molecule has 0 N–H and O–H groups in total. The van der Waals surface area contributed by atoms with Crippen molar-refractivity contribution < 1.29 is 8.83 Å². The van der Waals surface area contributed by atoms with Gasteiger partial charge in [-0.05, 0) is 53.1 Å². The van der Waals surface area contributed by atoms with Crippen molar-refractivity contribution >= 4 is 75.4 Å². The highest BCUT2D eigenvalue weighted by molar-refractivity contribution is 7.25. The van der Waals surface area contributed by atoms with Gasteiger partial charge in [-0.25, -0.2) is 15.0 Å². The largest absolute Gasteiger partial charge is 0.456 e. The van der Waals surface area contributed by atoms with Crippen molar-refractivity contribution in [3.8, 4) is 56.4 Å². The van der Waals surface area contributed by atoms with Gasteiger partial charge in [0.15, 0.2) is 17.5 Å². The highest BCUT2D eigenvalue weighted by atomic mass is 32.1. The third-order valence-corrected chi connectivity index (χ3v) is 12.1. The summed E-state index contributed by atoms with van der Waals surface area (Å²) in [5.74, 6) is 1.96. The normalized spacial score (nSPS) is 11.9. The number of benzene rings is 8. The van der Waals surface area contributed by atoms with E-state index in [1.807, 2.05) is 72.8 Å². The van der Waals surface area contributed by atoms with Crippen LogP contribution >= 0.6 is 11.3 Å². The van der Waals surface area contributed by atoms with E-state index >= 15 is 0 Å². The van der Waals surface area contributed by atoms with Crippen molar-refractivity contribution in [3.63, 3.8) is 0 Å². The molecule has 8 aromatic carbocycles. The Morgan fingerprint density at radius 1 is 0.333 bits per heavy atom. The first-order valence-electron chi connectivity index (χ1n) is 18.9. The van der Waals surface area contributed by atoms with E-state index in [-0.39, 0.29) is 0 Å². The Balaban J connectivity index is 0.957. The molecule has 0 atom stereocenters. The molecule has 4 heterocycles. The minimum absolute atomic E-state index is 0.651. The number of fused-ring (bicyclic) bond motifs is 9. The van der Waals surface area contributed by atoms with Gasteiger partial charge in [0, 0.05) is 64.0 Å². The monoisotopic (exact) mass is 747 g/mol. The van der Waals surface area contributed by atoms with Gasteiger partial charge in [0.1, 0.15) is 22.3 Å². The molecule has 5 nitrogen and oxygen atoms in total. The third kappa shape index (κ3) is 5.19. The standard InChI is InChI=1S/C51H29N3O2S/c1-3-11-30(12-4-1)49-52-50(31-13-5-2-6-14-31)54-51(53-49)34-23-26-40-39-25-22-33(28-45(39)57-46(40)29-34)35-16-10-20-43-47(35)41-18-9-17-36(48(41)56-43)32-21-24-38-37-15-7-8-19-42(37)55-44(38)27-32/h1-29H. The van der Waals surface area contributed by atoms with E-state index in [2.05, 4.69) is 103 Å². The molecule has 0 saturated heterocycles. The second-order valence-corrected chi connectivity index (χ2v) is 15.4. The maximum atomic E-state index is 6.69. The van der Waals surface area contributed by atoms with E-state index in [4.69, 9.17) is 23.8 Å². The van der Waals surface area contributed by atoms with Gasteiger partial charge in [0.05, 0.1) is 0 Å². The van der Waals surface area contributed by atoms with Crippen LogP contribution in [0, 0.1) is 0 Å². The molecule has 57 heavy (non-hydrogen) atoms. The summed E-state index contributed by atoms with van der Waals surface area (Å²) in [5.41, 5.74) is 10.7. The maximum Gasteiger partial charge on any atom is 0.164 e. The number of rotatable bonds is 5. The van der Waals surface area contributed by atoms with Gasteiger partial charge >= 0.3 is 0 Å². The van der Waals surface area contributed by atoms with Crippen molar-refractivity contribution in [2.45, 2.75) is 0 Å². The van der Waals surface area contributed by atoms with Crippen molar-refractivity contribution in [2.75, 3.05) is 0 Å². The molecular formula is C51H29N3O2S. The Morgan fingerprint density at radius 3 is 1.60 bits per heavy atom. The summed E-state index contributed by atoms with van der Waals surface area (Å²) in [4.78, 5) is 14.8. The Hall–Kier alpha value is -7.41. The van der Waals surface area contributed by atoms with E-state index < -0.39 is 0 Å². The Labute approximate surface area is 330 Å². The lowest BCUT2D eigenvalue weighted by Crippen LogP contribution is -1.99. The van der Waals surface area contributed by atoms with E-state index in [9.17, 15) is 0 Å². The summed E-state index contributed by atoms with van der Waals surface area (Å²) >= 11 is 1.79. The Morgan fingerprint density at radius 2 is 0.860 bits per heavy atom. The molecule has 0 saturated carbocycles. The second-order valence-electron chi connectivity index (χ2n) is 14.3. The first-order chi connectivity index (χ1) is 28.2. The second kappa shape index (κ2) is 12.6. The number of furan rings is 2. The maximum absolute atomic E-state index is 6.69. The average molecular weight is 748 g/mol. The minimum atomic E-state index is 0.651. The first kappa shape index (κ1) is 31.9. The van der Waals surface area contributed by atoms with Crippen LogP contribution in [0.5, 0.6) is 0 Å². The molecule has 0 radical (unpaired) electrons. The molecule has 0 aliphatic rings. The molecule has 12 rings (SSSR count). The van der Waals surface area contributed by atoms with Crippen molar-refractivity contribution in [1.82, 2.24) is 15.0 Å². The lowest BCUT2D eigenvalue weighted by atomic mass is 9.96. The first-order valence-corrected chi connectivity index (χ1v) is 19.7. The summed E-state index contributed by atoms with van der Waals surface area (Å²) in [7, 11) is 0. The van der Waals surface area contributed by atoms with Crippen molar-refractivity contribution in [3.05, 3.63) is 176 Å². The van der Waals surface area contributed by atoms with Gasteiger partial charge in [0.2, 0.25) is 0 Å². The van der Waals surface area contributed by atoms with Crippen LogP contribution in [0.3, 0.4) is 0 Å². The van der Waals surface area contributed by atoms with Crippen LogP contribution < -0.4 is 0 Å². The van der Waals surface area contributed by atoms with E-state index in [0.29, 0.717) is 17.5 Å². The van der Waals surface area contributed by atoms with Gasteiger partial charge < -0.3 is 8.83 Å². The van der Waals surface area contributed by atoms with E-state index in [0.717, 1.165) is 82.8 Å². The Kier molecular flexibility index (Phi) is 7.03. The number of aromatic nitrogens is 3. The molecule has 0 unspecified atom stereocenters. The molecule has 12 aromatic rings. The van der Waals surface area contributed by atoms with Crippen LogP contribution in [-0.2, 0) is 0 Å². The molecule has 0 bridgehead atoms. The zero-order valence-corrected chi connectivity index (χ0v) is 31.1. The van der Waals surface area contributed by atoms with Gasteiger partial charge in [-0.1, -0.05) is 140 Å². The predicted octanol–water partition coefficient (Wildman–Crippen LogP) is 14.4. The molecule has 0 spiro atoms. The number of para-hydroxylation sites is 2. The average Bonchev–Trinajstić information content (AvgIpc) is 3.97. The topological polar surface area (TPSA) is 65.0 Å². The molecule has 4 aromatic heterocycles. The van der Waals surface area contributed by atoms with Crippen molar-refractivity contribution in [2.24, 2.45) is 0 Å². The fourth-order valence-electron chi connectivity index (χ4n) is 8.23. The number of hydrogen-bond acceptors (Lipinski definition) is 6. The van der Waals surface area contributed by atoms with Gasteiger partial charge in [0.25, 0.3) is 0 Å². The lowest BCUT2D eigenvalue weighted by molar-refractivity contribution is 0.668. The molecule has 6 heteroatoms. The molecule has 266 valence electrons. The SMILES string of the molecule is c1ccc(-c2nc(-c3ccccc3)nc(-c3ccc4c(c3)sc3cc(-c5cccc6oc7c(-c8ccc9c(c8)oc8ccccc89)cccc7c56)ccc34)n2)cc1. The van der Waals surface area contributed by atoms with Crippen LogP contribution in [0.4, 0.5) is 0 Å². The zero-order chi connectivity index (χ0) is 37.5. The smallest absolute Gasteiger partial charge is 0.164 e. The van der Waals surface area contributed by atoms with Gasteiger partial charge in [-0.15, -0.1) is 11.3 Å². The highest BCUT2D eigenvalue weighted by Crippen LogP contribution is 2.44. The summed E-state index contributed by atoms with van der Waals surface area (Å²) in [6.45, 7) is 0. The number of nitrogens with zero attached hydrogens (tertiary/aromatic N) is 3. The van der Waals surface area contributed by atoms with E-state index in [1.54, 1.807) is 11.3 Å². The van der Waals surface area contributed by atoms with Crippen LogP contribution in [0.2, 0.25) is 0 Å². The minimum Gasteiger partial charge on any atom is -0.456 e. The molecule has 0 amide bonds. The fraction of sp³-hybridized carbons (Fsp3) is 0. The van der Waals surface area contributed by atoms with Crippen LogP contribution in [-0.4, -0.2) is 15.0 Å². The van der Waals surface area contributed by atoms with E-state index in [1.165, 1.54) is 20.2 Å². The molecule has 0 aliphatic carbocycles. The molecular weight excluding hydrogens is 719 g/mol. The van der Waals surface area contributed by atoms with Crippen LogP contribution in [0.25, 0.3) is 120 Å². The third-order valence-electron chi connectivity index (χ3n) is 11.0. The fourth-order valence-corrected chi connectivity index (χ4v) is 9.42. The quantitative estimate of drug-likeness (QED) is 0.175. The molecule has 0 fully saturated rings. The number of thiophene rings is 1. The summed E-state index contributed by atoms with van der Waals surface area (Å²) in [5, 5.41) is 6.87. The lowest BCUT2D eigenvalue weighted by Gasteiger charge is -2.08. The predicted molar refractivity (Wildman–Crippen MR) is 234 cm³/mol. The summed E-state index contributed by atoms with van der Waals surface area (Å²) in [6.07, 6.45) is 0. The Bertz CT molecular complexity index is 3470. The van der Waals surface area contributed by atoms with Crippen LogP contribution in [0.1, 0.15) is 0 Å². The highest BCUT2D eigenvalue weighted by Gasteiger charge is 2.19. The summed E-state index contributed by atoms with van der Waals surface area (Å²) in [6, 6.07) is 61.0. The summed E-state index contributed by atoms with van der Waals surface area (Å²) < 4.78 is 15.3. The number of hydrogen-bond donors (Lipinski definition) is 0. The van der Waals surface area contributed by atoms with Crippen LogP contribution in [0.15, 0.2) is 185 Å². The molecule has 0 aliphatic heterocycles. The van der Waals surface area contributed by atoms with Gasteiger partial charge in [-0.2, -0.15) is 0 Å².